The maximum atomic E-state index is 13.7. The molecule has 6 heteroatoms. The molecule has 0 fully saturated rings. The van der Waals surface area contributed by atoms with Gasteiger partial charge < -0.3 is 11.1 Å². The Morgan fingerprint density at radius 1 is 1.29 bits per heavy atom. The number of carbonyl (C=O) groups is 1. The second-order valence-corrected chi connectivity index (χ2v) is 6.27. The summed E-state index contributed by atoms with van der Waals surface area (Å²) in [7, 11) is 0. The van der Waals surface area contributed by atoms with E-state index in [1.807, 2.05) is 24.3 Å². The van der Waals surface area contributed by atoms with Crippen LogP contribution in [0.2, 0.25) is 0 Å². The lowest BCUT2D eigenvalue weighted by Gasteiger charge is -2.12. The van der Waals surface area contributed by atoms with Crippen molar-refractivity contribution in [1.29, 1.82) is 0 Å². The number of para-hydroxylation sites is 1. The lowest BCUT2D eigenvalue weighted by molar-refractivity contribution is -0.115. The van der Waals surface area contributed by atoms with Gasteiger partial charge in [0.1, 0.15) is 5.82 Å². The van der Waals surface area contributed by atoms with Gasteiger partial charge in [-0.15, -0.1) is 11.8 Å². The minimum absolute atomic E-state index is 0.212. The molecule has 0 atom stereocenters. The third-order valence-electron chi connectivity index (χ3n) is 2.73. The number of amides is 1. The van der Waals surface area contributed by atoms with Crippen molar-refractivity contribution < 1.29 is 9.18 Å². The third kappa shape index (κ3) is 4.75. The normalized spacial score (nSPS) is 10.4. The van der Waals surface area contributed by atoms with Crippen LogP contribution in [0.15, 0.2) is 51.8 Å². The number of primary amides is 1. The molecule has 2 rings (SSSR count). The Bertz CT molecular complexity index is 651. The molecule has 0 heterocycles. The number of nitrogens with two attached hydrogens (primary N) is 1. The van der Waals surface area contributed by atoms with Gasteiger partial charge in [0.15, 0.2) is 0 Å². The van der Waals surface area contributed by atoms with Gasteiger partial charge in [-0.3, -0.25) is 4.79 Å². The molecule has 0 aliphatic carbocycles. The fraction of sp³-hybridized carbons (Fsp3) is 0.133. The van der Waals surface area contributed by atoms with E-state index in [2.05, 4.69) is 21.2 Å². The molecule has 3 nitrogen and oxygen atoms in total. The summed E-state index contributed by atoms with van der Waals surface area (Å²) in [6, 6.07) is 12.4. The maximum absolute atomic E-state index is 13.7. The molecule has 0 aromatic heterocycles. The Hall–Kier alpha value is -1.53. The highest BCUT2D eigenvalue weighted by Crippen LogP contribution is 2.27. The number of hydrogen-bond acceptors (Lipinski definition) is 3. The van der Waals surface area contributed by atoms with Crippen molar-refractivity contribution in [2.45, 2.75) is 11.4 Å². The predicted molar refractivity (Wildman–Crippen MR) is 87.8 cm³/mol. The van der Waals surface area contributed by atoms with E-state index in [1.54, 1.807) is 12.1 Å². The quantitative estimate of drug-likeness (QED) is 0.762. The van der Waals surface area contributed by atoms with Crippen LogP contribution < -0.4 is 11.1 Å². The van der Waals surface area contributed by atoms with E-state index in [0.717, 1.165) is 15.1 Å². The second-order valence-electron chi connectivity index (χ2n) is 4.34. The summed E-state index contributed by atoms with van der Waals surface area (Å²) >= 11 is 4.69. The lowest BCUT2D eigenvalue weighted by Crippen LogP contribution is -2.13. The molecular weight excluding hydrogens is 355 g/mol. The van der Waals surface area contributed by atoms with Crippen LogP contribution in [0, 0.1) is 5.82 Å². The number of anilines is 1. The lowest BCUT2D eigenvalue weighted by atomic mass is 10.2. The number of nitrogens with one attached hydrogen (secondary N) is 1. The van der Waals surface area contributed by atoms with E-state index < -0.39 is 0 Å². The highest BCUT2D eigenvalue weighted by Gasteiger charge is 2.06. The molecule has 0 spiro atoms. The molecule has 0 saturated heterocycles. The van der Waals surface area contributed by atoms with Gasteiger partial charge in [0.25, 0.3) is 0 Å². The van der Waals surface area contributed by atoms with Gasteiger partial charge in [-0.2, -0.15) is 0 Å². The summed E-state index contributed by atoms with van der Waals surface area (Å²) in [6.07, 6.45) is 0. The van der Waals surface area contributed by atoms with Crippen LogP contribution in [-0.2, 0) is 11.3 Å². The molecular formula is C15H14BrFN2OS. The SMILES string of the molecule is NC(=O)CSc1ccccc1NCc1cc(Br)ccc1F. The first-order valence-corrected chi connectivity index (χ1v) is 8.02. The van der Waals surface area contributed by atoms with Gasteiger partial charge in [-0.05, 0) is 30.3 Å². The van der Waals surface area contributed by atoms with Gasteiger partial charge in [0.05, 0.1) is 5.75 Å². The summed E-state index contributed by atoms with van der Waals surface area (Å²) in [5.74, 6) is -0.412. The zero-order valence-corrected chi connectivity index (χ0v) is 13.5. The van der Waals surface area contributed by atoms with Crippen LogP contribution in [-0.4, -0.2) is 11.7 Å². The summed E-state index contributed by atoms with van der Waals surface area (Å²) in [5.41, 5.74) is 6.58. The van der Waals surface area contributed by atoms with Crippen LogP contribution in [0.5, 0.6) is 0 Å². The third-order valence-corrected chi connectivity index (χ3v) is 4.32. The van der Waals surface area contributed by atoms with Crippen molar-refractivity contribution in [3.05, 3.63) is 58.3 Å². The van der Waals surface area contributed by atoms with Crippen LogP contribution in [0.3, 0.4) is 0 Å². The average molecular weight is 369 g/mol. The molecule has 2 aromatic rings. The van der Waals surface area contributed by atoms with Crippen molar-refractivity contribution in [1.82, 2.24) is 0 Å². The van der Waals surface area contributed by atoms with Crippen LogP contribution in [0.1, 0.15) is 5.56 Å². The first kappa shape index (κ1) is 15.9. The minimum Gasteiger partial charge on any atom is -0.380 e. The zero-order valence-electron chi connectivity index (χ0n) is 11.1. The van der Waals surface area contributed by atoms with E-state index in [1.165, 1.54) is 17.8 Å². The van der Waals surface area contributed by atoms with E-state index in [0.29, 0.717) is 12.1 Å². The van der Waals surface area contributed by atoms with Crippen molar-refractivity contribution >= 4 is 39.3 Å². The number of carbonyl (C=O) groups excluding carboxylic acids is 1. The molecule has 110 valence electrons. The average Bonchev–Trinajstić information content (AvgIpc) is 2.47. The fourth-order valence-corrected chi connectivity index (χ4v) is 2.93. The van der Waals surface area contributed by atoms with Crippen molar-refractivity contribution in [2.24, 2.45) is 5.73 Å². The monoisotopic (exact) mass is 368 g/mol. The number of benzene rings is 2. The molecule has 1 amide bonds. The molecule has 0 bridgehead atoms. The topological polar surface area (TPSA) is 55.1 Å². The standard InChI is InChI=1S/C15H14BrFN2OS/c16-11-5-6-12(17)10(7-11)8-19-13-3-1-2-4-14(13)21-9-15(18)20/h1-7,19H,8-9H2,(H2,18,20). The van der Waals surface area contributed by atoms with E-state index in [4.69, 9.17) is 5.73 Å². The largest absolute Gasteiger partial charge is 0.380 e. The number of halogens is 2. The fourth-order valence-electron chi connectivity index (χ4n) is 1.76. The van der Waals surface area contributed by atoms with Crippen molar-refractivity contribution in [3.63, 3.8) is 0 Å². The molecule has 0 aliphatic heterocycles. The van der Waals surface area contributed by atoms with Gasteiger partial charge in [0, 0.05) is 27.2 Å². The number of rotatable bonds is 6. The molecule has 0 saturated carbocycles. The Labute approximate surface area is 135 Å². The Kier molecular flexibility index (Phi) is 5.64. The van der Waals surface area contributed by atoms with Gasteiger partial charge in [-0.25, -0.2) is 4.39 Å². The van der Waals surface area contributed by atoms with Gasteiger partial charge in [-0.1, -0.05) is 28.1 Å². The number of hydrogen-bond donors (Lipinski definition) is 2. The van der Waals surface area contributed by atoms with E-state index in [9.17, 15) is 9.18 Å². The van der Waals surface area contributed by atoms with Crippen molar-refractivity contribution in [3.8, 4) is 0 Å². The molecule has 0 aliphatic rings. The highest BCUT2D eigenvalue weighted by atomic mass is 79.9. The van der Waals surface area contributed by atoms with E-state index >= 15 is 0 Å². The first-order chi connectivity index (χ1) is 10.1. The maximum Gasteiger partial charge on any atom is 0.227 e. The van der Waals surface area contributed by atoms with Gasteiger partial charge >= 0.3 is 0 Å². The van der Waals surface area contributed by atoms with Crippen LogP contribution >= 0.6 is 27.7 Å². The minimum atomic E-state index is -0.368. The second kappa shape index (κ2) is 7.47. The summed E-state index contributed by atoms with van der Waals surface area (Å²) in [4.78, 5) is 11.8. The van der Waals surface area contributed by atoms with Crippen LogP contribution in [0.4, 0.5) is 10.1 Å². The molecule has 21 heavy (non-hydrogen) atoms. The Morgan fingerprint density at radius 2 is 2.05 bits per heavy atom. The summed E-state index contributed by atoms with van der Waals surface area (Å²) in [6.45, 7) is 0.361. The molecule has 2 aromatic carbocycles. The zero-order chi connectivity index (χ0) is 15.2. The molecule has 3 N–H and O–H groups in total. The summed E-state index contributed by atoms with van der Waals surface area (Å²) < 4.78 is 14.5. The van der Waals surface area contributed by atoms with Crippen LogP contribution in [0.25, 0.3) is 0 Å². The van der Waals surface area contributed by atoms with E-state index in [-0.39, 0.29) is 17.5 Å². The molecule has 0 unspecified atom stereocenters. The smallest absolute Gasteiger partial charge is 0.227 e. The van der Waals surface area contributed by atoms with Gasteiger partial charge in [0.2, 0.25) is 5.91 Å². The Morgan fingerprint density at radius 3 is 2.81 bits per heavy atom. The summed E-state index contributed by atoms with van der Waals surface area (Å²) in [5, 5.41) is 3.19. The highest BCUT2D eigenvalue weighted by molar-refractivity contribution is 9.10. The predicted octanol–water partition coefficient (Wildman–Crippen LogP) is 3.78. The molecule has 0 radical (unpaired) electrons. The Balaban J connectivity index is 2.09. The first-order valence-electron chi connectivity index (χ1n) is 6.24. The number of thioether (sulfide) groups is 1. The van der Waals surface area contributed by atoms with Crippen molar-refractivity contribution in [2.75, 3.05) is 11.1 Å².